The van der Waals surface area contributed by atoms with Crippen LogP contribution in [0.15, 0.2) is 0 Å². The fourth-order valence-electron chi connectivity index (χ4n) is 2.56. The lowest BCUT2D eigenvalue weighted by atomic mass is 10.1. The molecule has 1 unspecified atom stereocenters. The molecule has 1 aliphatic heterocycles. The lowest BCUT2D eigenvalue weighted by Crippen LogP contribution is -2.44. The first-order valence-electron chi connectivity index (χ1n) is 7.94. The largest absolute Gasteiger partial charge is 0.377 e. The molecular weight excluding hydrogens is 276 g/mol. The van der Waals surface area contributed by atoms with Gasteiger partial charge in [-0.05, 0) is 45.1 Å². The van der Waals surface area contributed by atoms with Gasteiger partial charge < -0.3 is 10.1 Å². The van der Waals surface area contributed by atoms with Crippen LogP contribution in [0.2, 0.25) is 0 Å². The zero-order chi connectivity index (χ0) is 14.4. The van der Waals surface area contributed by atoms with E-state index < -0.39 is 10.0 Å². The van der Waals surface area contributed by atoms with E-state index in [1.54, 1.807) is 4.31 Å². The fraction of sp³-hybridized carbons (Fsp3) is 1.00. The van der Waals surface area contributed by atoms with Gasteiger partial charge in [0.2, 0.25) is 10.0 Å². The Balaban J connectivity index is 1.71. The Labute approximate surface area is 123 Å². The van der Waals surface area contributed by atoms with Crippen molar-refractivity contribution in [3.63, 3.8) is 0 Å². The molecular formula is C14H28N2O3S. The molecule has 2 aliphatic rings. The zero-order valence-corrected chi connectivity index (χ0v) is 13.3. The SMILES string of the molecule is CCCOC1CCCN(S(=O)(=O)CCCNC2CC2)C1. The molecule has 1 saturated carbocycles. The standard InChI is InChI=1S/C14H28N2O3S/c1-2-10-19-14-5-3-9-16(12-14)20(17,18)11-4-8-15-13-6-7-13/h13-15H,2-12H2,1H3. The number of ether oxygens (including phenoxy) is 1. The second kappa shape index (κ2) is 7.73. The smallest absolute Gasteiger partial charge is 0.214 e. The Morgan fingerprint density at radius 1 is 1.30 bits per heavy atom. The highest BCUT2D eigenvalue weighted by Crippen LogP contribution is 2.19. The first kappa shape index (κ1) is 16.2. The van der Waals surface area contributed by atoms with Crippen LogP contribution in [-0.4, -0.2) is 56.9 Å². The molecule has 0 aromatic heterocycles. The molecule has 0 amide bonds. The second-order valence-corrected chi connectivity index (χ2v) is 7.98. The molecule has 1 N–H and O–H groups in total. The summed E-state index contributed by atoms with van der Waals surface area (Å²) in [4.78, 5) is 0. The Morgan fingerprint density at radius 3 is 2.80 bits per heavy atom. The molecule has 20 heavy (non-hydrogen) atoms. The van der Waals surface area contributed by atoms with Crippen LogP contribution >= 0.6 is 0 Å². The third kappa shape index (κ3) is 5.31. The predicted octanol–water partition coefficient (Wildman–Crippen LogP) is 1.35. The maximum atomic E-state index is 12.3. The first-order chi connectivity index (χ1) is 9.62. The Kier molecular flexibility index (Phi) is 6.26. The number of hydrogen-bond donors (Lipinski definition) is 1. The number of nitrogens with one attached hydrogen (secondary N) is 1. The summed E-state index contributed by atoms with van der Waals surface area (Å²) in [6.07, 6.45) is 6.16. The lowest BCUT2D eigenvalue weighted by molar-refractivity contribution is 0.0193. The molecule has 118 valence electrons. The summed E-state index contributed by atoms with van der Waals surface area (Å²) < 4.78 is 32.0. The molecule has 0 radical (unpaired) electrons. The Bertz CT molecular complexity index is 382. The van der Waals surface area contributed by atoms with Crippen LogP contribution < -0.4 is 5.32 Å². The minimum absolute atomic E-state index is 0.0862. The highest BCUT2D eigenvalue weighted by atomic mass is 32.2. The third-order valence-electron chi connectivity index (χ3n) is 3.88. The monoisotopic (exact) mass is 304 g/mol. The summed E-state index contributed by atoms with van der Waals surface area (Å²) in [5.74, 6) is 0.257. The summed E-state index contributed by atoms with van der Waals surface area (Å²) in [5.41, 5.74) is 0. The maximum Gasteiger partial charge on any atom is 0.214 e. The van der Waals surface area contributed by atoms with Crippen molar-refractivity contribution in [3.8, 4) is 0 Å². The molecule has 0 spiro atoms. The van der Waals surface area contributed by atoms with Crippen LogP contribution in [0, 0.1) is 0 Å². The van der Waals surface area contributed by atoms with Crippen molar-refractivity contribution in [2.75, 3.05) is 32.0 Å². The molecule has 6 heteroatoms. The topological polar surface area (TPSA) is 58.6 Å². The van der Waals surface area contributed by atoms with Gasteiger partial charge in [-0.3, -0.25) is 0 Å². The lowest BCUT2D eigenvalue weighted by Gasteiger charge is -2.31. The van der Waals surface area contributed by atoms with E-state index in [0.717, 1.165) is 32.4 Å². The van der Waals surface area contributed by atoms with Gasteiger partial charge in [-0.25, -0.2) is 8.42 Å². The number of piperidine rings is 1. The van der Waals surface area contributed by atoms with E-state index in [0.29, 0.717) is 25.6 Å². The summed E-state index contributed by atoms with van der Waals surface area (Å²) in [7, 11) is -3.11. The molecule has 0 aromatic rings. The van der Waals surface area contributed by atoms with Crippen molar-refractivity contribution in [2.45, 2.75) is 57.6 Å². The van der Waals surface area contributed by atoms with Gasteiger partial charge in [-0.15, -0.1) is 0 Å². The van der Waals surface area contributed by atoms with E-state index in [9.17, 15) is 8.42 Å². The van der Waals surface area contributed by atoms with Crippen molar-refractivity contribution in [1.82, 2.24) is 9.62 Å². The maximum absolute atomic E-state index is 12.3. The molecule has 1 aliphatic carbocycles. The molecule has 1 heterocycles. The van der Waals surface area contributed by atoms with Crippen molar-refractivity contribution in [3.05, 3.63) is 0 Å². The molecule has 5 nitrogen and oxygen atoms in total. The normalized spacial score (nSPS) is 24.9. The first-order valence-corrected chi connectivity index (χ1v) is 9.55. The van der Waals surface area contributed by atoms with E-state index in [1.807, 2.05) is 0 Å². The van der Waals surface area contributed by atoms with Gasteiger partial charge in [-0.2, -0.15) is 4.31 Å². The van der Waals surface area contributed by atoms with Crippen LogP contribution in [0.3, 0.4) is 0 Å². The molecule has 2 fully saturated rings. The average Bonchev–Trinajstić information content (AvgIpc) is 3.26. The van der Waals surface area contributed by atoms with Gasteiger partial charge in [0.05, 0.1) is 11.9 Å². The number of nitrogens with zero attached hydrogens (tertiary/aromatic N) is 1. The number of hydrogen-bond acceptors (Lipinski definition) is 4. The Hall–Kier alpha value is -0.170. The van der Waals surface area contributed by atoms with Crippen molar-refractivity contribution in [2.24, 2.45) is 0 Å². The van der Waals surface area contributed by atoms with Gasteiger partial charge in [0.15, 0.2) is 0 Å². The number of sulfonamides is 1. The summed E-state index contributed by atoms with van der Waals surface area (Å²) in [5, 5.41) is 3.36. The zero-order valence-electron chi connectivity index (χ0n) is 12.5. The van der Waals surface area contributed by atoms with E-state index in [2.05, 4.69) is 12.2 Å². The van der Waals surface area contributed by atoms with E-state index in [1.165, 1.54) is 12.8 Å². The minimum atomic E-state index is -3.11. The predicted molar refractivity (Wildman–Crippen MR) is 80.3 cm³/mol. The minimum Gasteiger partial charge on any atom is -0.377 e. The number of rotatable bonds is 9. The summed E-state index contributed by atoms with van der Waals surface area (Å²) in [6.45, 7) is 4.81. The van der Waals surface area contributed by atoms with Crippen LogP contribution in [0.4, 0.5) is 0 Å². The Morgan fingerprint density at radius 2 is 2.10 bits per heavy atom. The second-order valence-electron chi connectivity index (χ2n) is 5.89. The third-order valence-corrected chi connectivity index (χ3v) is 5.80. The van der Waals surface area contributed by atoms with E-state index in [4.69, 9.17) is 4.74 Å². The summed E-state index contributed by atoms with van der Waals surface area (Å²) in [6, 6.07) is 0.652. The van der Waals surface area contributed by atoms with Crippen LogP contribution in [0.25, 0.3) is 0 Å². The van der Waals surface area contributed by atoms with E-state index >= 15 is 0 Å². The molecule has 1 atom stereocenters. The van der Waals surface area contributed by atoms with Crippen molar-refractivity contribution in [1.29, 1.82) is 0 Å². The van der Waals surface area contributed by atoms with Gasteiger partial charge in [0, 0.05) is 25.7 Å². The van der Waals surface area contributed by atoms with Crippen LogP contribution in [0.5, 0.6) is 0 Å². The van der Waals surface area contributed by atoms with Gasteiger partial charge in [0.1, 0.15) is 0 Å². The van der Waals surface area contributed by atoms with Crippen molar-refractivity contribution >= 4 is 10.0 Å². The quantitative estimate of drug-likeness (QED) is 0.653. The van der Waals surface area contributed by atoms with E-state index in [-0.39, 0.29) is 11.9 Å². The van der Waals surface area contributed by atoms with Gasteiger partial charge in [-0.1, -0.05) is 6.92 Å². The molecule has 0 bridgehead atoms. The highest BCUT2D eigenvalue weighted by molar-refractivity contribution is 7.89. The average molecular weight is 304 g/mol. The van der Waals surface area contributed by atoms with Crippen molar-refractivity contribution < 1.29 is 13.2 Å². The van der Waals surface area contributed by atoms with Crippen LogP contribution in [0.1, 0.15) is 45.4 Å². The summed E-state index contributed by atoms with van der Waals surface area (Å²) >= 11 is 0. The van der Waals surface area contributed by atoms with Crippen LogP contribution in [-0.2, 0) is 14.8 Å². The highest BCUT2D eigenvalue weighted by Gasteiger charge is 2.29. The fourth-order valence-corrected chi connectivity index (χ4v) is 4.12. The van der Waals surface area contributed by atoms with Gasteiger partial charge >= 0.3 is 0 Å². The molecule has 0 aromatic carbocycles. The molecule has 2 rings (SSSR count). The van der Waals surface area contributed by atoms with Gasteiger partial charge in [0.25, 0.3) is 0 Å². The molecule has 1 saturated heterocycles.